The molecule has 0 saturated carbocycles. The minimum absolute atomic E-state index is 0.0961. The lowest BCUT2D eigenvalue weighted by Crippen LogP contribution is -2.57. The molecule has 1 N–H and O–H groups in total. The third kappa shape index (κ3) is 5.48. The fourth-order valence-electron chi connectivity index (χ4n) is 7.78. The quantitative estimate of drug-likeness (QED) is 0.302. The van der Waals surface area contributed by atoms with Crippen LogP contribution in [0.25, 0.3) is 0 Å². The van der Waals surface area contributed by atoms with Gasteiger partial charge in [0.05, 0.1) is 35.8 Å². The maximum absolute atomic E-state index is 14.9. The van der Waals surface area contributed by atoms with Gasteiger partial charge in [0.2, 0.25) is 11.8 Å². The van der Waals surface area contributed by atoms with E-state index in [0.717, 1.165) is 23.2 Å². The number of nitrogens with zero attached hydrogens (tertiary/aromatic N) is 3. The highest BCUT2D eigenvalue weighted by Crippen LogP contribution is 2.67. The van der Waals surface area contributed by atoms with Gasteiger partial charge >= 0.3 is 0 Å². The number of fused-ring (bicyclic) bond motifs is 1. The Labute approximate surface area is 271 Å². The smallest absolute Gasteiger partial charge is 0.251 e. The maximum Gasteiger partial charge on any atom is 0.251 e. The Bertz CT molecular complexity index is 1440. The molecule has 0 radical (unpaired) electrons. The molecule has 3 aliphatic heterocycles. The number of ether oxygens (including phenoxy) is 1. The molecule has 0 aromatic heterocycles. The molecule has 5 rings (SSSR count). The van der Waals surface area contributed by atoms with Crippen LogP contribution in [0.4, 0.5) is 11.4 Å². The standard InChI is InChI=1S/C36H45N3O5S/c1-7-20-37(26-14-16-27(17-15-26)44-10-4)33(41)29-28-18-19-36(45-28)30(29)34(42)39(25(9-3)22-40)32(36)35(43)38(21-8-2)31-23(5)12-11-13-24(31)6/h7-8,11-17,25,28-30,32,40H,1-2,9-10,18-22H2,3-6H3/t25-,28+,29-,30-,32?,36?/m0/s1. The lowest BCUT2D eigenvalue weighted by molar-refractivity contribution is -0.141. The van der Waals surface area contributed by atoms with Crippen molar-refractivity contribution in [1.29, 1.82) is 0 Å². The summed E-state index contributed by atoms with van der Waals surface area (Å²) in [7, 11) is 0. The molecule has 3 saturated heterocycles. The van der Waals surface area contributed by atoms with Gasteiger partial charge in [-0.1, -0.05) is 37.3 Å². The van der Waals surface area contributed by atoms with Crippen molar-refractivity contribution < 1.29 is 24.2 Å². The highest BCUT2D eigenvalue weighted by Gasteiger charge is 2.74. The molecule has 2 aromatic rings. The fourth-order valence-corrected chi connectivity index (χ4v) is 9.97. The first-order chi connectivity index (χ1) is 21.7. The van der Waals surface area contributed by atoms with Gasteiger partial charge in [-0.2, -0.15) is 0 Å². The van der Waals surface area contributed by atoms with Crippen LogP contribution in [-0.4, -0.2) is 76.1 Å². The van der Waals surface area contributed by atoms with Gasteiger partial charge in [0.25, 0.3) is 5.91 Å². The predicted molar refractivity (Wildman–Crippen MR) is 181 cm³/mol. The number of likely N-dealkylation sites (tertiary alicyclic amines) is 1. The summed E-state index contributed by atoms with van der Waals surface area (Å²) in [5.41, 5.74) is 3.42. The molecular formula is C36H45N3O5S. The number of carbonyl (C=O) groups excluding carboxylic acids is 3. The van der Waals surface area contributed by atoms with Crippen molar-refractivity contribution >= 4 is 40.9 Å². The molecule has 6 atom stereocenters. The summed E-state index contributed by atoms with van der Waals surface area (Å²) in [6, 6.07) is 11.9. The summed E-state index contributed by atoms with van der Waals surface area (Å²) in [5, 5.41) is 10.4. The second-order valence-electron chi connectivity index (χ2n) is 12.2. The van der Waals surface area contributed by atoms with Gasteiger partial charge in [-0.3, -0.25) is 14.4 Å². The largest absolute Gasteiger partial charge is 0.494 e. The number of para-hydroxylation sites is 1. The third-order valence-electron chi connectivity index (χ3n) is 9.66. The number of carbonyl (C=O) groups is 3. The van der Waals surface area contributed by atoms with E-state index in [2.05, 4.69) is 13.2 Å². The summed E-state index contributed by atoms with van der Waals surface area (Å²) in [5.74, 6) is -1.11. The molecule has 3 fully saturated rings. The van der Waals surface area contributed by atoms with Gasteiger partial charge in [0.15, 0.2) is 0 Å². The van der Waals surface area contributed by atoms with Crippen LogP contribution in [0.3, 0.4) is 0 Å². The first kappa shape index (κ1) is 32.8. The van der Waals surface area contributed by atoms with E-state index in [1.807, 2.05) is 70.2 Å². The Morgan fingerprint density at radius 1 is 1.07 bits per heavy atom. The number of aryl methyl sites for hydroxylation is 2. The molecule has 1 spiro atoms. The van der Waals surface area contributed by atoms with Gasteiger partial charge in [0, 0.05) is 29.7 Å². The zero-order valence-corrected chi connectivity index (χ0v) is 27.6. The lowest BCUT2D eigenvalue weighted by atomic mass is 9.70. The van der Waals surface area contributed by atoms with Gasteiger partial charge in [0.1, 0.15) is 11.8 Å². The molecule has 2 bridgehead atoms. The second-order valence-corrected chi connectivity index (χ2v) is 13.8. The Morgan fingerprint density at radius 2 is 1.71 bits per heavy atom. The van der Waals surface area contributed by atoms with Crippen molar-refractivity contribution in [3.8, 4) is 5.75 Å². The third-order valence-corrected chi connectivity index (χ3v) is 11.6. The van der Waals surface area contributed by atoms with Crippen LogP contribution in [0.5, 0.6) is 5.75 Å². The van der Waals surface area contributed by atoms with Crippen molar-refractivity contribution in [3.63, 3.8) is 0 Å². The molecule has 3 aliphatic rings. The van der Waals surface area contributed by atoms with Gasteiger partial charge in [-0.25, -0.2) is 0 Å². The van der Waals surface area contributed by atoms with E-state index >= 15 is 0 Å². The molecule has 3 heterocycles. The number of amides is 3. The number of hydrogen-bond acceptors (Lipinski definition) is 6. The predicted octanol–water partition coefficient (Wildman–Crippen LogP) is 5.30. The average Bonchev–Trinajstić information content (AvgIpc) is 3.68. The van der Waals surface area contributed by atoms with Crippen molar-refractivity contribution in [2.75, 3.05) is 36.1 Å². The molecule has 2 unspecified atom stereocenters. The number of rotatable bonds is 13. The molecule has 240 valence electrons. The van der Waals surface area contributed by atoms with Crippen molar-refractivity contribution in [3.05, 3.63) is 78.9 Å². The molecule has 3 amide bonds. The summed E-state index contributed by atoms with van der Waals surface area (Å²) >= 11 is 1.64. The number of anilines is 2. The summed E-state index contributed by atoms with van der Waals surface area (Å²) in [4.78, 5) is 49.2. The van der Waals surface area contributed by atoms with Crippen LogP contribution in [0, 0.1) is 25.7 Å². The van der Waals surface area contributed by atoms with E-state index in [0.29, 0.717) is 30.9 Å². The van der Waals surface area contributed by atoms with Crippen molar-refractivity contribution in [1.82, 2.24) is 4.90 Å². The number of aliphatic hydroxyl groups excluding tert-OH is 1. The van der Waals surface area contributed by atoms with E-state index in [4.69, 9.17) is 4.74 Å². The van der Waals surface area contributed by atoms with Crippen LogP contribution in [0.15, 0.2) is 67.8 Å². The van der Waals surface area contributed by atoms with E-state index in [1.54, 1.807) is 38.6 Å². The van der Waals surface area contributed by atoms with Crippen molar-refractivity contribution in [2.24, 2.45) is 11.8 Å². The molecule has 0 aliphatic carbocycles. The Balaban J connectivity index is 1.58. The number of thioether (sulfide) groups is 1. The topological polar surface area (TPSA) is 90.4 Å². The molecule has 2 aromatic carbocycles. The highest BCUT2D eigenvalue weighted by molar-refractivity contribution is 8.02. The molecule has 45 heavy (non-hydrogen) atoms. The first-order valence-electron chi connectivity index (χ1n) is 15.9. The van der Waals surface area contributed by atoms with Gasteiger partial charge < -0.3 is 24.5 Å². The minimum atomic E-state index is -0.822. The zero-order chi connectivity index (χ0) is 32.5. The Kier molecular flexibility index (Phi) is 9.80. The van der Waals surface area contributed by atoms with E-state index in [9.17, 15) is 19.5 Å². The van der Waals surface area contributed by atoms with Crippen LogP contribution in [0.2, 0.25) is 0 Å². The maximum atomic E-state index is 14.9. The molecular weight excluding hydrogens is 586 g/mol. The van der Waals surface area contributed by atoms with Gasteiger partial charge in [-0.15, -0.1) is 24.9 Å². The molecule has 8 nitrogen and oxygen atoms in total. The van der Waals surface area contributed by atoms with Crippen LogP contribution >= 0.6 is 11.8 Å². The Morgan fingerprint density at radius 3 is 2.29 bits per heavy atom. The lowest BCUT2D eigenvalue weighted by Gasteiger charge is -2.40. The van der Waals surface area contributed by atoms with E-state index in [-0.39, 0.29) is 42.7 Å². The minimum Gasteiger partial charge on any atom is -0.494 e. The first-order valence-corrected chi connectivity index (χ1v) is 16.8. The van der Waals surface area contributed by atoms with Crippen molar-refractivity contribution in [2.45, 2.75) is 69.0 Å². The van der Waals surface area contributed by atoms with Crippen LogP contribution in [0.1, 0.15) is 44.2 Å². The SMILES string of the molecule is C=CCN(C(=O)[C@@H]1[C@H]2C(=O)N([C@@H](CC)CO)C(C(=O)N(CC=C)c3c(C)cccc3C)C23CC[C@H]1S3)c1ccc(OCC)cc1. The normalized spacial score (nSPS) is 25.5. The Hall–Kier alpha value is -3.56. The zero-order valence-electron chi connectivity index (χ0n) is 26.8. The number of benzene rings is 2. The molecule has 9 heteroatoms. The van der Waals surface area contributed by atoms with Gasteiger partial charge in [-0.05, 0) is 75.4 Å². The van der Waals surface area contributed by atoms with Crippen LogP contribution < -0.4 is 14.5 Å². The summed E-state index contributed by atoms with van der Waals surface area (Å²) in [6.07, 6.45) is 5.27. The van der Waals surface area contributed by atoms with E-state index < -0.39 is 28.7 Å². The highest BCUT2D eigenvalue weighted by atomic mass is 32.2. The number of hydrogen-bond donors (Lipinski definition) is 1. The number of aliphatic hydroxyl groups is 1. The summed E-state index contributed by atoms with van der Waals surface area (Å²) in [6.45, 7) is 16.5. The summed E-state index contributed by atoms with van der Waals surface area (Å²) < 4.78 is 4.82. The second kappa shape index (κ2) is 13.4. The van der Waals surface area contributed by atoms with Crippen LogP contribution in [-0.2, 0) is 14.4 Å². The van der Waals surface area contributed by atoms with E-state index in [1.165, 1.54) is 0 Å². The average molecular weight is 632 g/mol. The monoisotopic (exact) mass is 631 g/mol. The fraction of sp³-hybridized carbons (Fsp3) is 0.472.